The van der Waals surface area contributed by atoms with Crippen LogP contribution in [0, 0.1) is 0 Å². The summed E-state index contributed by atoms with van der Waals surface area (Å²) in [5.74, 6) is 1.38. The highest BCUT2D eigenvalue weighted by molar-refractivity contribution is 5.87. The number of benzene rings is 1. The maximum absolute atomic E-state index is 9.64. The van der Waals surface area contributed by atoms with Gasteiger partial charge in [-0.3, -0.25) is 5.01 Å². The van der Waals surface area contributed by atoms with E-state index in [-0.39, 0.29) is 5.75 Å². The molecule has 1 aromatic rings. The lowest BCUT2D eigenvalue weighted by Crippen LogP contribution is -2.33. The van der Waals surface area contributed by atoms with Crippen LogP contribution >= 0.6 is 0 Å². The van der Waals surface area contributed by atoms with E-state index in [0.29, 0.717) is 5.75 Å². The minimum absolute atomic E-state index is 0.124. The zero-order valence-corrected chi connectivity index (χ0v) is 11.2. The second-order valence-corrected chi connectivity index (χ2v) is 3.92. The molecular formula is C14H17N3O2. The molecule has 1 aliphatic heterocycles. The molecule has 0 bridgehead atoms. The third-order valence-electron chi connectivity index (χ3n) is 2.87. The van der Waals surface area contributed by atoms with Gasteiger partial charge in [0.2, 0.25) is 0 Å². The van der Waals surface area contributed by atoms with Crippen LogP contribution in [0.4, 0.5) is 0 Å². The lowest BCUT2D eigenvalue weighted by Gasteiger charge is -2.28. The number of hydrogen-bond donors (Lipinski definition) is 2. The molecule has 0 amide bonds. The van der Waals surface area contributed by atoms with Gasteiger partial charge >= 0.3 is 0 Å². The quantitative estimate of drug-likeness (QED) is 0.873. The number of aliphatic imine (C=N–C) groups is 1. The summed E-state index contributed by atoms with van der Waals surface area (Å²) in [5, 5.41) is 11.5. The maximum Gasteiger partial charge on any atom is 0.161 e. The SMILES string of the molecule is C/C=C1/N=CC=C(c2ccc(O)c(OC)c2)N1NC. The molecule has 0 aliphatic carbocycles. The van der Waals surface area contributed by atoms with Gasteiger partial charge in [0, 0.05) is 18.8 Å². The first-order chi connectivity index (χ1) is 9.21. The molecule has 1 aliphatic rings. The molecule has 1 aromatic carbocycles. The number of allylic oxidation sites excluding steroid dienone is 2. The Morgan fingerprint density at radius 2 is 2.21 bits per heavy atom. The van der Waals surface area contributed by atoms with E-state index in [0.717, 1.165) is 17.1 Å². The van der Waals surface area contributed by atoms with Crippen LogP contribution in [0.3, 0.4) is 0 Å². The van der Waals surface area contributed by atoms with Gasteiger partial charge < -0.3 is 9.84 Å². The topological polar surface area (TPSA) is 57.1 Å². The van der Waals surface area contributed by atoms with Crippen molar-refractivity contribution < 1.29 is 9.84 Å². The maximum atomic E-state index is 9.64. The molecule has 2 N–H and O–H groups in total. The number of ether oxygens (including phenoxy) is 1. The van der Waals surface area contributed by atoms with E-state index < -0.39 is 0 Å². The monoisotopic (exact) mass is 259 g/mol. The van der Waals surface area contributed by atoms with Gasteiger partial charge in [-0.15, -0.1) is 0 Å². The van der Waals surface area contributed by atoms with Gasteiger partial charge in [-0.25, -0.2) is 10.4 Å². The third-order valence-corrected chi connectivity index (χ3v) is 2.87. The molecule has 0 spiro atoms. The van der Waals surface area contributed by atoms with Crippen LogP contribution in [-0.2, 0) is 0 Å². The van der Waals surface area contributed by atoms with E-state index in [4.69, 9.17) is 4.74 Å². The summed E-state index contributed by atoms with van der Waals surface area (Å²) in [4.78, 5) is 4.28. The molecular weight excluding hydrogens is 242 g/mol. The van der Waals surface area contributed by atoms with Gasteiger partial charge in [0.25, 0.3) is 0 Å². The Morgan fingerprint density at radius 3 is 2.84 bits per heavy atom. The summed E-state index contributed by atoms with van der Waals surface area (Å²) in [7, 11) is 3.36. The Bertz CT molecular complexity index is 562. The van der Waals surface area contributed by atoms with Crippen molar-refractivity contribution >= 4 is 11.9 Å². The fourth-order valence-electron chi connectivity index (χ4n) is 1.94. The van der Waals surface area contributed by atoms with Gasteiger partial charge in [-0.05, 0) is 37.3 Å². The van der Waals surface area contributed by atoms with E-state index >= 15 is 0 Å². The number of nitrogens with one attached hydrogen (secondary N) is 1. The highest BCUT2D eigenvalue weighted by Crippen LogP contribution is 2.32. The number of hydrazine groups is 1. The Hall–Kier alpha value is -2.27. The van der Waals surface area contributed by atoms with Crippen LogP contribution in [0.25, 0.3) is 5.70 Å². The van der Waals surface area contributed by atoms with Crippen LogP contribution in [0.5, 0.6) is 11.5 Å². The summed E-state index contributed by atoms with van der Waals surface area (Å²) in [6.07, 6.45) is 5.56. The van der Waals surface area contributed by atoms with E-state index in [1.165, 1.54) is 7.11 Å². The second-order valence-electron chi connectivity index (χ2n) is 3.92. The Kier molecular flexibility index (Phi) is 3.87. The van der Waals surface area contributed by atoms with Crippen LogP contribution in [0.15, 0.2) is 41.2 Å². The molecule has 0 aromatic heterocycles. The fraction of sp³-hybridized carbons (Fsp3) is 0.214. The predicted molar refractivity (Wildman–Crippen MR) is 75.8 cm³/mol. The number of hydrogen-bond acceptors (Lipinski definition) is 5. The molecule has 5 nitrogen and oxygen atoms in total. The summed E-state index contributed by atoms with van der Waals surface area (Å²) in [6.45, 7) is 1.93. The smallest absolute Gasteiger partial charge is 0.161 e. The van der Waals surface area contributed by atoms with E-state index in [1.54, 1.807) is 18.3 Å². The number of phenols is 1. The van der Waals surface area contributed by atoms with Crippen LogP contribution < -0.4 is 10.2 Å². The second kappa shape index (κ2) is 5.58. The van der Waals surface area contributed by atoms with E-state index in [9.17, 15) is 5.11 Å². The average Bonchev–Trinajstić information content (AvgIpc) is 2.46. The molecule has 19 heavy (non-hydrogen) atoms. The number of rotatable bonds is 3. The van der Waals surface area contributed by atoms with Gasteiger partial charge in [0.1, 0.15) is 5.82 Å². The van der Waals surface area contributed by atoms with Crippen molar-refractivity contribution in [2.24, 2.45) is 4.99 Å². The minimum Gasteiger partial charge on any atom is -0.504 e. The Morgan fingerprint density at radius 1 is 1.42 bits per heavy atom. The zero-order valence-electron chi connectivity index (χ0n) is 11.2. The van der Waals surface area contributed by atoms with Crippen molar-refractivity contribution in [2.75, 3.05) is 14.2 Å². The van der Waals surface area contributed by atoms with Crippen molar-refractivity contribution in [3.05, 3.63) is 41.7 Å². The lowest BCUT2D eigenvalue weighted by molar-refractivity contribution is 0.371. The largest absolute Gasteiger partial charge is 0.504 e. The molecule has 0 saturated carbocycles. The molecule has 2 rings (SSSR count). The zero-order chi connectivity index (χ0) is 13.8. The Labute approximate surface area is 112 Å². The minimum atomic E-state index is 0.124. The number of phenolic OH excluding ortho intramolecular Hbond substituents is 1. The third kappa shape index (κ3) is 2.46. The van der Waals surface area contributed by atoms with Crippen LogP contribution in [0.1, 0.15) is 12.5 Å². The van der Waals surface area contributed by atoms with E-state index in [2.05, 4.69) is 10.4 Å². The van der Waals surface area contributed by atoms with Crippen LogP contribution in [-0.4, -0.2) is 30.5 Å². The normalized spacial score (nSPS) is 16.7. The number of nitrogens with zero attached hydrogens (tertiary/aromatic N) is 2. The average molecular weight is 259 g/mol. The molecule has 1 heterocycles. The molecule has 0 fully saturated rings. The van der Waals surface area contributed by atoms with Gasteiger partial charge in [0.15, 0.2) is 11.5 Å². The molecule has 0 unspecified atom stereocenters. The summed E-state index contributed by atoms with van der Waals surface area (Å²) < 4.78 is 5.13. The van der Waals surface area contributed by atoms with Crippen LogP contribution in [0.2, 0.25) is 0 Å². The van der Waals surface area contributed by atoms with Crippen molar-refractivity contribution in [3.63, 3.8) is 0 Å². The van der Waals surface area contributed by atoms with Gasteiger partial charge in [0.05, 0.1) is 12.8 Å². The summed E-state index contributed by atoms with van der Waals surface area (Å²) in [5.41, 5.74) is 4.94. The summed E-state index contributed by atoms with van der Waals surface area (Å²) >= 11 is 0. The highest BCUT2D eigenvalue weighted by Gasteiger charge is 2.17. The standard InChI is InChI=1S/C14H17N3O2/c1-4-14-16-8-7-11(17(14)15-2)10-5-6-12(18)13(9-10)19-3/h4-9,15,18H,1-3H3/b14-4-. The van der Waals surface area contributed by atoms with Gasteiger partial charge in [-0.2, -0.15) is 0 Å². The number of methoxy groups -OCH3 is 1. The number of aromatic hydroxyl groups is 1. The molecule has 0 radical (unpaired) electrons. The van der Waals surface area contributed by atoms with Crippen molar-refractivity contribution in [1.29, 1.82) is 0 Å². The van der Waals surface area contributed by atoms with Gasteiger partial charge in [-0.1, -0.05) is 0 Å². The van der Waals surface area contributed by atoms with Crippen molar-refractivity contribution in [2.45, 2.75) is 6.92 Å². The molecule has 0 atom stereocenters. The Balaban J connectivity index is 2.45. The van der Waals surface area contributed by atoms with Crippen molar-refractivity contribution in [1.82, 2.24) is 10.4 Å². The van der Waals surface area contributed by atoms with Crippen molar-refractivity contribution in [3.8, 4) is 11.5 Å². The first-order valence-corrected chi connectivity index (χ1v) is 5.96. The first kappa shape index (κ1) is 13.2. The molecule has 0 saturated heterocycles. The summed E-state index contributed by atoms with van der Waals surface area (Å²) in [6, 6.07) is 5.24. The predicted octanol–water partition coefficient (Wildman–Crippen LogP) is 2.12. The lowest BCUT2D eigenvalue weighted by atomic mass is 10.1. The fourth-order valence-corrected chi connectivity index (χ4v) is 1.94. The molecule has 100 valence electrons. The highest BCUT2D eigenvalue weighted by atomic mass is 16.5. The molecule has 5 heteroatoms. The van der Waals surface area contributed by atoms with E-state index in [1.807, 2.05) is 37.2 Å². The first-order valence-electron chi connectivity index (χ1n) is 5.96.